The van der Waals surface area contributed by atoms with Crippen molar-refractivity contribution in [3.8, 4) is 11.3 Å². The van der Waals surface area contributed by atoms with Crippen LogP contribution in [0.2, 0.25) is 0 Å². The Hall–Kier alpha value is -1.64. The number of aromatic nitrogens is 2. The fourth-order valence-electron chi connectivity index (χ4n) is 2.39. The number of nitrogens with zero attached hydrogens (tertiary/aromatic N) is 2. The smallest absolute Gasteiger partial charge is 0.0247 e. The van der Waals surface area contributed by atoms with E-state index < -0.39 is 0 Å². The summed E-state index contributed by atoms with van der Waals surface area (Å²) in [6, 6.07) is 20.7. The second kappa shape index (κ2) is 6.01. The molecule has 0 saturated carbocycles. The Bertz CT molecular complexity index is 913. The van der Waals surface area contributed by atoms with Crippen LogP contribution in [0.4, 0.5) is 0 Å². The minimum atomic E-state index is 0. The van der Waals surface area contributed by atoms with Gasteiger partial charge in [0, 0.05) is 38.9 Å². The minimum absolute atomic E-state index is 0. The van der Waals surface area contributed by atoms with Crippen LogP contribution >= 0.6 is 0 Å². The number of rotatable bonds is 1. The summed E-state index contributed by atoms with van der Waals surface area (Å²) >= 11 is 0. The molecule has 0 aliphatic heterocycles. The van der Waals surface area contributed by atoms with Crippen LogP contribution in [0, 0.1) is 12.1 Å². The molecule has 0 N–H and O–H groups in total. The topological polar surface area (TPSA) is 25.8 Å². The Labute approximate surface area is 148 Å². The summed E-state index contributed by atoms with van der Waals surface area (Å²) < 4.78 is 0. The van der Waals surface area contributed by atoms with Crippen molar-refractivity contribution in [2.45, 2.75) is 0 Å². The monoisotopic (exact) mass is 343 g/mol. The van der Waals surface area contributed by atoms with Gasteiger partial charge in [-0.05, 0) is 12.4 Å². The molecule has 0 fully saturated rings. The van der Waals surface area contributed by atoms with E-state index in [0.29, 0.717) is 0 Å². The van der Waals surface area contributed by atoms with E-state index in [1.54, 1.807) is 6.20 Å². The van der Waals surface area contributed by atoms with E-state index in [2.05, 4.69) is 22.1 Å². The van der Waals surface area contributed by atoms with E-state index in [-0.39, 0.29) is 32.7 Å². The summed E-state index contributed by atoms with van der Waals surface area (Å²) in [7, 11) is 0. The maximum Gasteiger partial charge on any atom is 0.0247 e. The predicted octanol–water partition coefficient (Wildman–Crippen LogP) is 4.05. The standard InChI is InChI=1S/C18H10N2.Y/c1-2-5-15-11-20-18(10-14(15)4-1)16-7-3-6-13-8-9-19-12-17(13)16;/h1-6,8-9,11-12H;/q-2;. The Balaban J connectivity index is 0.00000132. The van der Waals surface area contributed by atoms with Crippen molar-refractivity contribution in [1.82, 2.24) is 9.97 Å². The second-order valence-corrected chi connectivity index (χ2v) is 4.63. The van der Waals surface area contributed by atoms with Crippen LogP contribution in [0.5, 0.6) is 0 Å². The fraction of sp³-hybridized carbons (Fsp3) is 0. The third kappa shape index (κ3) is 2.62. The molecule has 0 amide bonds. The van der Waals surface area contributed by atoms with Crippen LogP contribution < -0.4 is 0 Å². The van der Waals surface area contributed by atoms with Crippen LogP contribution in [0.1, 0.15) is 0 Å². The SMILES string of the molecule is [Y].[c-]1ccc2ccncc2c1-c1[c-]c2ccccc2cn1. The maximum absolute atomic E-state index is 4.51. The Morgan fingerprint density at radius 3 is 2.76 bits per heavy atom. The van der Waals surface area contributed by atoms with Crippen molar-refractivity contribution >= 4 is 21.5 Å². The van der Waals surface area contributed by atoms with Crippen molar-refractivity contribution in [3.05, 3.63) is 73.2 Å². The molecule has 97 valence electrons. The molecule has 21 heavy (non-hydrogen) atoms. The van der Waals surface area contributed by atoms with Crippen LogP contribution in [0.15, 0.2) is 61.1 Å². The van der Waals surface area contributed by atoms with Gasteiger partial charge in [0.1, 0.15) is 0 Å². The summed E-state index contributed by atoms with van der Waals surface area (Å²) in [5.41, 5.74) is 1.75. The van der Waals surface area contributed by atoms with Gasteiger partial charge >= 0.3 is 0 Å². The van der Waals surface area contributed by atoms with Crippen molar-refractivity contribution in [2.75, 3.05) is 0 Å². The molecule has 2 heterocycles. The second-order valence-electron chi connectivity index (χ2n) is 4.63. The molecule has 1 radical (unpaired) electrons. The largest absolute Gasteiger partial charge is 0.334 e. The van der Waals surface area contributed by atoms with Gasteiger partial charge in [-0.15, -0.1) is 34.4 Å². The zero-order valence-corrected chi connectivity index (χ0v) is 14.1. The van der Waals surface area contributed by atoms with Crippen LogP contribution in [0.25, 0.3) is 32.8 Å². The molecule has 2 aromatic heterocycles. The number of pyridine rings is 2. The molecule has 3 heteroatoms. The molecular formula is C18H10N2Y-2. The summed E-state index contributed by atoms with van der Waals surface area (Å²) in [4.78, 5) is 8.71. The normalized spacial score (nSPS) is 10.5. The molecule has 0 aliphatic carbocycles. The molecule has 4 aromatic rings. The predicted molar refractivity (Wildman–Crippen MR) is 80.2 cm³/mol. The van der Waals surface area contributed by atoms with E-state index in [1.807, 2.05) is 54.9 Å². The Kier molecular flexibility index (Phi) is 4.09. The van der Waals surface area contributed by atoms with E-state index in [9.17, 15) is 0 Å². The Morgan fingerprint density at radius 2 is 1.81 bits per heavy atom. The van der Waals surface area contributed by atoms with Crippen LogP contribution in [0.3, 0.4) is 0 Å². The van der Waals surface area contributed by atoms with Gasteiger partial charge in [0.15, 0.2) is 0 Å². The summed E-state index contributed by atoms with van der Waals surface area (Å²) in [6.45, 7) is 0. The van der Waals surface area contributed by atoms with Gasteiger partial charge in [0.05, 0.1) is 0 Å². The average Bonchev–Trinajstić information content (AvgIpc) is 2.54. The third-order valence-electron chi connectivity index (χ3n) is 3.40. The van der Waals surface area contributed by atoms with Gasteiger partial charge in [-0.2, -0.15) is 23.8 Å². The molecule has 0 spiro atoms. The first-order valence-corrected chi connectivity index (χ1v) is 6.44. The molecule has 0 bridgehead atoms. The van der Waals surface area contributed by atoms with Crippen molar-refractivity contribution < 1.29 is 32.7 Å². The van der Waals surface area contributed by atoms with Gasteiger partial charge in [0.25, 0.3) is 0 Å². The van der Waals surface area contributed by atoms with E-state index in [4.69, 9.17) is 0 Å². The van der Waals surface area contributed by atoms with Crippen LogP contribution in [-0.2, 0) is 32.7 Å². The maximum atomic E-state index is 4.51. The molecule has 2 aromatic carbocycles. The molecule has 0 atom stereocenters. The molecule has 0 saturated heterocycles. The quantitative estimate of drug-likeness (QED) is 0.488. The first kappa shape index (κ1) is 14.3. The number of benzene rings is 2. The van der Waals surface area contributed by atoms with E-state index >= 15 is 0 Å². The van der Waals surface area contributed by atoms with E-state index in [0.717, 1.165) is 32.8 Å². The van der Waals surface area contributed by atoms with Gasteiger partial charge in [-0.3, -0.25) is 4.98 Å². The van der Waals surface area contributed by atoms with Crippen molar-refractivity contribution in [1.29, 1.82) is 0 Å². The van der Waals surface area contributed by atoms with E-state index in [1.165, 1.54) is 0 Å². The minimum Gasteiger partial charge on any atom is -0.334 e. The van der Waals surface area contributed by atoms with Gasteiger partial charge < -0.3 is 4.98 Å². The molecule has 0 aliphatic rings. The zero-order valence-electron chi connectivity index (χ0n) is 11.2. The third-order valence-corrected chi connectivity index (χ3v) is 3.40. The Morgan fingerprint density at radius 1 is 0.905 bits per heavy atom. The summed E-state index contributed by atoms with van der Waals surface area (Å²) in [6.07, 6.45) is 5.53. The number of hydrogen-bond donors (Lipinski definition) is 0. The van der Waals surface area contributed by atoms with Gasteiger partial charge in [-0.25, -0.2) is 0 Å². The zero-order chi connectivity index (χ0) is 13.4. The number of fused-ring (bicyclic) bond motifs is 2. The molecule has 2 nitrogen and oxygen atoms in total. The summed E-state index contributed by atoms with van der Waals surface area (Å²) in [5, 5.41) is 4.34. The van der Waals surface area contributed by atoms with Crippen molar-refractivity contribution in [3.63, 3.8) is 0 Å². The first-order valence-electron chi connectivity index (χ1n) is 6.44. The van der Waals surface area contributed by atoms with Crippen LogP contribution in [-0.4, -0.2) is 9.97 Å². The fourth-order valence-corrected chi connectivity index (χ4v) is 2.39. The molecule has 0 unspecified atom stereocenters. The first-order chi connectivity index (χ1) is 9.92. The summed E-state index contributed by atoms with van der Waals surface area (Å²) in [5.74, 6) is 0. The van der Waals surface area contributed by atoms with Gasteiger partial charge in [-0.1, -0.05) is 29.3 Å². The molecular weight excluding hydrogens is 333 g/mol. The number of hydrogen-bond acceptors (Lipinski definition) is 2. The van der Waals surface area contributed by atoms with Gasteiger partial charge in [0.2, 0.25) is 0 Å². The molecule has 4 rings (SSSR count). The average molecular weight is 343 g/mol. The van der Waals surface area contributed by atoms with Crippen molar-refractivity contribution in [2.24, 2.45) is 0 Å².